The maximum Gasteiger partial charge on any atom is 0.326 e. The van der Waals surface area contributed by atoms with Gasteiger partial charge in [-0.1, -0.05) is 41.4 Å². The Hall–Kier alpha value is -4.26. The summed E-state index contributed by atoms with van der Waals surface area (Å²) in [7, 11) is -3.52. The fourth-order valence-corrected chi connectivity index (χ4v) is 6.09. The Morgan fingerprint density at radius 2 is 1.90 bits per heavy atom. The van der Waals surface area contributed by atoms with E-state index < -0.39 is 27.8 Å². The van der Waals surface area contributed by atoms with Crippen molar-refractivity contribution in [3.63, 3.8) is 0 Å². The fourth-order valence-electron chi connectivity index (χ4n) is 4.71. The first kappa shape index (κ1) is 29.2. The molecule has 1 atom stereocenters. The molecule has 218 valence electrons. The average Bonchev–Trinajstić information content (AvgIpc) is 3.43. The van der Waals surface area contributed by atoms with Gasteiger partial charge in [0.15, 0.2) is 9.84 Å². The molecule has 0 unspecified atom stereocenters. The zero-order valence-electron chi connectivity index (χ0n) is 22.0. The van der Waals surface area contributed by atoms with Crippen molar-refractivity contribution in [1.29, 1.82) is 0 Å². The van der Waals surface area contributed by atoms with Crippen LogP contribution in [0.3, 0.4) is 0 Å². The summed E-state index contributed by atoms with van der Waals surface area (Å²) < 4.78 is 29.2. The second-order valence-corrected chi connectivity index (χ2v) is 12.5. The molecule has 5 N–H and O–H groups in total. The van der Waals surface area contributed by atoms with Crippen molar-refractivity contribution in [2.45, 2.75) is 23.8 Å². The summed E-state index contributed by atoms with van der Waals surface area (Å²) in [6, 6.07) is 11.2. The molecule has 0 bridgehead atoms. The molecule has 0 saturated heterocycles. The summed E-state index contributed by atoms with van der Waals surface area (Å²) in [6.45, 7) is 0.179. The number of benzene rings is 3. The molecule has 3 aromatic carbocycles. The number of halogens is 2. The molecule has 1 aliphatic heterocycles. The maximum absolute atomic E-state index is 13.3. The number of carboxylic acids is 1. The van der Waals surface area contributed by atoms with Gasteiger partial charge in [0.05, 0.1) is 38.1 Å². The van der Waals surface area contributed by atoms with E-state index in [-0.39, 0.29) is 57.2 Å². The maximum atomic E-state index is 13.3. The van der Waals surface area contributed by atoms with Gasteiger partial charge in [-0.05, 0) is 42.3 Å². The minimum atomic E-state index is -3.52. The number of rotatable bonds is 7. The molecule has 0 radical (unpaired) electrons. The molecule has 5 rings (SSSR count). The largest absolute Gasteiger partial charge is 0.480 e. The van der Waals surface area contributed by atoms with Crippen LogP contribution in [0.4, 0.5) is 11.4 Å². The van der Waals surface area contributed by atoms with Crippen LogP contribution in [-0.2, 0) is 27.5 Å². The first-order valence-corrected chi connectivity index (χ1v) is 15.2. The summed E-state index contributed by atoms with van der Waals surface area (Å²) in [5.74, 6) is -2.58. The van der Waals surface area contributed by atoms with E-state index in [1.165, 1.54) is 29.5 Å². The number of carbonyl (C=O) groups excluding carboxylic acids is 2. The number of anilines is 2. The average molecular weight is 631 g/mol. The van der Waals surface area contributed by atoms with Gasteiger partial charge in [0.25, 0.3) is 11.8 Å². The Balaban J connectivity index is 1.38. The number of furan rings is 1. The van der Waals surface area contributed by atoms with Crippen molar-refractivity contribution in [2.24, 2.45) is 0 Å². The first-order valence-electron chi connectivity index (χ1n) is 12.5. The van der Waals surface area contributed by atoms with Gasteiger partial charge in [0.1, 0.15) is 11.6 Å². The number of aliphatic carboxylic acids is 1. The molecule has 14 heteroatoms. The Morgan fingerprint density at radius 1 is 1.14 bits per heavy atom. The lowest BCUT2D eigenvalue weighted by atomic mass is 10.00. The molecule has 1 aliphatic rings. The quantitative estimate of drug-likeness (QED) is 0.219. The summed E-state index contributed by atoms with van der Waals surface area (Å²) in [5, 5.41) is 14.1. The molecule has 1 aromatic heterocycles. The number of carboxylic acid groups (broad SMARTS) is 1. The van der Waals surface area contributed by atoms with Crippen LogP contribution in [0.2, 0.25) is 10.0 Å². The Labute approximate surface area is 250 Å². The highest BCUT2D eigenvalue weighted by atomic mass is 35.5. The second kappa shape index (κ2) is 11.2. The number of nitrogens with one attached hydrogen (secondary N) is 2. The minimum absolute atomic E-state index is 0.0190. The van der Waals surface area contributed by atoms with E-state index in [1.54, 1.807) is 30.3 Å². The molecule has 0 fully saturated rings. The molecule has 0 saturated carbocycles. The third-order valence-corrected chi connectivity index (χ3v) is 8.81. The van der Waals surface area contributed by atoms with E-state index in [9.17, 15) is 27.9 Å². The predicted molar refractivity (Wildman–Crippen MR) is 158 cm³/mol. The zero-order chi connectivity index (χ0) is 30.3. The highest BCUT2D eigenvalue weighted by Gasteiger charge is 2.32. The number of hydrazine groups is 1. The van der Waals surface area contributed by atoms with Gasteiger partial charge in [-0.15, -0.1) is 0 Å². The van der Waals surface area contributed by atoms with Crippen LogP contribution in [-0.4, -0.2) is 55.2 Å². The lowest BCUT2D eigenvalue weighted by molar-refractivity contribution is -0.139. The van der Waals surface area contributed by atoms with Crippen molar-refractivity contribution in [2.75, 3.05) is 24.0 Å². The van der Waals surface area contributed by atoms with E-state index in [0.29, 0.717) is 22.3 Å². The van der Waals surface area contributed by atoms with Gasteiger partial charge in [-0.2, -0.15) is 0 Å². The standard InChI is InChI=1S/C28H24Cl2N4O7S/c1-42(39,40)17-4-2-3-14(11-17)12-19(28(37)38)32-26(35)21-22(29)18-7-9-34(33-25(18)24(31)23(21)30)27(36)16-6-5-15-8-10-41-20(15)13-16/h2-6,8,10-11,13,19,33H,7,9,12,31H2,1H3,(H,32,35)(H,37,38)/t19-/m1/s1. The SMILES string of the molecule is CS(=O)(=O)c1cccc(C[C@@H](NC(=O)c2c(Cl)c(N)c3c(c2Cl)CCN(C(=O)c2ccc4ccoc4c2)N3)C(=O)O)c1. The van der Waals surface area contributed by atoms with Crippen LogP contribution < -0.4 is 16.5 Å². The smallest absolute Gasteiger partial charge is 0.326 e. The van der Waals surface area contributed by atoms with Crippen LogP contribution in [0.15, 0.2) is 64.1 Å². The van der Waals surface area contributed by atoms with Crippen molar-refractivity contribution in [1.82, 2.24) is 10.3 Å². The van der Waals surface area contributed by atoms with Gasteiger partial charge < -0.3 is 20.6 Å². The van der Waals surface area contributed by atoms with E-state index in [4.69, 9.17) is 33.4 Å². The number of nitrogens with two attached hydrogens (primary N) is 1. The van der Waals surface area contributed by atoms with Crippen LogP contribution in [0.25, 0.3) is 11.0 Å². The molecule has 4 aromatic rings. The normalized spacial score (nSPS) is 13.7. The molecule has 2 heterocycles. The van der Waals surface area contributed by atoms with Gasteiger partial charge in [-0.25, -0.2) is 13.2 Å². The van der Waals surface area contributed by atoms with E-state index in [2.05, 4.69) is 10.7 Å². The fraction of sp³-hybridized carbons (Fsp3) is 0.179. The number of amides is 2. The number of nitrogens with zero attached hydrogens (tertiary/aromatic N) is 1. The number of hydrogen-bond donors (Lipinski definition) is 4. The number of fused-ring (bicyclic) bond motifs is 2. The Kier molecular flexibility index (Phi) is 7.80. The molecule has 42 heavy (non-hydrogen) atoms. The molecule has 2 amide bonds. The Morgan fingerprint density at radius 3 is 2.62 bits per heavy atom. The summed E-state index contributed by atoms with van der Waals surface area (Å²) >= 11 is 13.1. The Bertz CT molecular complexity index is 1870. The topological polar surface area (TPSA) is 172 Å². The molecule has 11 nitrogen and oxygen atoms in total. The molecule has 0 spiro atoms. The van der Waals surface area contributed by atoms with Crippen LogP contribution in [0.5, 0.6) is 0 Å². The summed E-state index contributed by atoms with van der Waals surface area (Å²) in [4.78, 5) is 38.6. The number of hydrogen-bond acceptors (Lipinski definition) is 8. The lowest BCUT2D eigenvalue weighted by Gasteiger charge is -2.33. The van der Waals surface area contributed by atoms with E-state index in [0.717, 1.165) is 11.6 Å². The first-order chi connectivity index (χ1) is 19.8. The molecular weight excluding hydrogens is 607 g/mol. The molecule has 0 aliphatic carbocycles. The zero-order valence-corrected chi connectivity index (χ0v) is 24.3. The monoisotopic (exact) mass is 630 g/mol. The van der Waals surface area contributed by atoms with Gasteiger partial charge in [0, 0.05) is 35.7 Å². The van der Waals surface area contributed by atoms with Crippen LogP contribution >= 0.6 is 23.2 Å². The van der Waals surface area contributed by atoms with Gasteiger partial charge >= 0.3 is 5.97 Å². The van der Waals surface area contributed by atoms with E-state index >= 15 is 0 Å². The third-order valence-electron chi connectivity index (χ3n) is 6.89. The number of nitrogen functional groups attached to an aromatic ring is 1. The van der Waals surface area contributed by atoms with Gasteiger partial charge in [0.2, 0.25) is 0 Å². The van der Waals surface area contributed by atoms with Gasteiger partial charge in [-0.3, -0.25) is 20.0 Å². The second-order valence-electron chi connectivity index (χ2n) is 9.75. The highest BCUT2D eigenvalue weighted by Crippen LogP contribution is 2.43. The van der Waals surface area contributed by atoms with Crippen molar-refractivity contribution in [3.8, 4) is 0 Å². The highest BCUT2D eigenvalue weighted by molar-refractivity contribution is 7.90. The predicted octanol–water partition coefficient (Wildman–Crippen LogP) is 4.18. The summed E-state index contributed by atoms with van der Waals surface area (Å²) in [6.07, 6.45) is 2.58. The lowest BCUT2D eigenvalue weighted by Crippen LogP contribution is -2.43. The van der Waals surface area contributed by atoms with Crippen molar-refractivity contribution >= 4 is 73.2 Å². The minimum Gasteiger partial charge on any atom is -0.480 e. The summed E-state index contributed by atoms with van der Waals surface area (Å²) in [5.41, 5.74) is 11.0. The van der Waals surface area contributed by atoms with Crippen LogP contribution in [0.1, 0.15) is 31.8 Å². The third kappa shape index (κ3) is 5.60. The van der Waals surface area contributed by atoms with Crippen molar-refractivity contribution < 1.29 is 32.3 Å². The van der Waals surface area contributed by atoms with E-state index in [1.807, 2.05) is 0 Å². The van der Waals surface area contributed by atoms with Crippen molar-refractivity contribution in [3.05, 3.63) is 87.1 Å². The number of sulfone groups is 1. The molecular formula is C28H24Cl2N4O7S. The van der Waals surface area contributed by atoms with Crippen LogP contribution in [0, 0.1) is 0 Å². The number of carbonyl (C=O) groups is 3.